The fourth-order valence-corrected chi connectivity index (χ4v) is 1.51. The summed E-state index contributed by atoms with van der Waals surface area (Å²) in [5.74, 6) is 0.324. The van der Waals surface area contributed by atoms with Crippen molar-refractivity contribution in [3.8, 4) is 5.75 Å². The molecule has 3 heteroatoms. The van der Waals surface area contributed by atoms with Crippen LogP contribution in [0.15, 0.2) is 12.1 Å². The van der Waals surface area contributed by atoms with Crippen LogP contribution in [-0.2, 0) is 0 Å². The van der Waals surface area contributed by atoms with Crippen LogP contribution in [0.25, 0.3) is 0 Å². The van der Waals surface area contributed by atoms with Gasteiger partial charge >= 0.3 is 0 Å². The summed E-state index contributed by atoms with van der Waals surface area (Å²) in [7, 11) is 0. The van der Waals surface area contributed by atoms with Crippen molar-refractivity contribution in [2.45, 2.75) is 26.3 Å². The molecule has 1 atom stereocenters. The van der Waals surface area contributed by atoms with Crippen LogP contribution in [-0.4, -0.2) is 16.8 Å². The topological polar surface area (TPSA) is 66.5 Å². The molecule has 1 aromatic carbocycles. The largest absolute Gasteiger partial charge is 0.507 e. The Balaban J connectivity index is 3.00. The zero-order valence-electron chi connectivity index (χ0n) is 8.62. The third-order valence-corrected chi connectivity index (χ3v) is 2.38. The maximum absolute atomic E-state index is 9.55. The van der Waals surface area contributed by atoms with Gasteiger partial charge in [-0.3, -0.25) is 0 Å². The Kier molecular flexibility index (Phi) is 3.49. The molecule has 1 rings (SSSR count). The van der Waals surface area contributed by atoms with Crippen molar-refractivity contribution in [3.63, 3.8) is 0 Å². The minimum Gasteiger partial charge on any atom is -0.507 e. The van der Waals surface area contributed by atoms with Crippen molar-refractivity contribution in [1.82, 2.24) is 0 Å². The first-order chi connectivity index (χ1) is 6.56. The molecule has 0 aromatic heterocycles. The van der Waals surface area contributed by atoms with Gasteiger partial charge in [0.15, 0.2) is 0 Å². The van der Waals surface area contributed by atoms with E-state index in [0.717, 1.165) is 16.7 Å². The standard InChI is InChI=1S/C11H17NO2/c1-7-5-9(10(12)3-4-13)6-8(2)11(7)14/h5-6,10,13-14H,3-4,12H2,1-2H3/t10-/m1/s1. The molecule has 14 heavy (non-hydrogen) atoms. The number of hydrogen-bond donors (Lipinski definition) is 3. The molecule has 0 unspecified atom stereocenters. The molecule has 0 spiro atoms. The first kappa shape index (κ1) is 11.0. The van der Waals surface area contributed by atoms with Gasteiger partial charge in [0.25, 0.3) is 0 Å². The molecule has 78 valence electrons. The van der Waals surface area contributed by atoms with Gasteiger partial charge in [0.2, 0.25) is 0 Å². The van der Waals surface area contributed by atoms with Crippen molar-refractivity contribution >= 4 is 0 Å². The summed E-state index contributed by atoms with van der Waals surface area (Å²) in [5, 5.41) is 18.3. The maximum atomic E-state index is 9.55. The van der Waals surface area contributed by atoms with Gasteiger partial charge in [-0.05, 0) is 37.0 Å². The number of benzene rings is 1. The zero-order chi connectivity index (χ0) is 10.7. The van der Waals surface area contributed by atoms with Crippen molar-refractivity contribution in [2.24, 2.45) is 5.73 Å². The molecule has 3 nitrogen and oxygen atoms in total. The number of nitrogens with two attached hydrogens (primary N) is 1. The maximum Gasteiger partial charge on any atom is 0.121 e. The van der Waals surface area contributed by atoms with Crippen LogP contribution in [0.2, 0.25) is 0 Å². The fourth-order valence-electron chi connectivity index (χ4n) is 1.51. The van der Waals surface area contributed by atoms with Crippen LogP contribution in [0.5, 0.6) is 5.75 Å². The molecular weight excluding hydrogens is 178 g/mol. The lowest BCUT2D eigenvalue weighted by molar-refractivity contribution is 0.276. The van der Waals surface area contributed by atoms with Crippen LogP contribution >= 0.6 is 0 Å². The minimum atomic E-state index is -0.155. The Morgan fingerprint density at radius 2 is 1.79 bits per heavy atom. The van der Waals surface area contributed by atoms with Crippen molar-refractivity contribution in [2.75, 3.05) is 6.61 Å². The van der Waals surface area contributed by atoms with Crippen molar-refractivity contribution in [3.05, 3.63) is 28.8 Å². The molecule has 0 bridgehead atoms. The van der Waals surface area contributed by atoms with Gasteiger partial charge in [0.1, 0.15) is 5.75 Å². The average molecular weight is 195 g/mol. The monoisotopic (exact) mass is 195 g/mol. The first-order valence-corrected chi connectivity index (χ1v) is 4.72. The van der Waals surface area contributed by atoms with E-state index in [1.165, 1.54) is 0 Å². The summed E-state index contributed by atoms with van der Waals surface area (Å²) in [5.41, 5.74) is 8.47. The number of aliphatic hydroxyl groups is 1. The Morgan fingerprint density at radius 1 is 1.29 bits per heavy atom. The molecule has 0 radical (unpaired) electrons. The molecule has 4 N–H and O–H groups in total. The molecular formula is C11H17NO2. The molecule has 0 aliphatic heterocycles. The van der Waals surface area contributed by atoms with E-state index in [1.54, 1.807) is 0 Å². The van der Waals surface area contributed by atoms with E-state index in [9.17, 15) is 5.11 Å². The zero-order valence-corrected chi connectivity index (χ0v) is 8.62. The number of aliphatic hydroxyl groups excluding tert-OH is 1. The van der Waals surface area contributed by atoms with Gasteiger partial charge in [0.05, 0.1) is 0 Å². The second-order valence-electron chi connectivity index (χ2n) is 3.62. The number of rotatable bonds is 3. The van der Waals surface area contributed by atoms with E-state index in [4.69, 9.17) is 10.8 Å². The molecule has 0 fully saturated rings. The fraction of sp³-hybridized carbons (Fsp3) is 0.455. The van der Waals surface area contributed by atoms with Crippen LogP contribution < -0.4 is 5.73 Å². The first-order valence-electron chi connectivity index (χ1n) is 4.72. The van der Waals surface area contributed by atoms with E-state index in [1.807, 2.05) is 26.0 Å². The van der Waals surface area contributed by atoms with Crippen molar-refractivity contribution in [1.29, 1.82) is 0 Å². The van der Waals surface area contributed by atoms with Crippen LogP contribution in [0, 0.1) is 13.8 Å². The second-order valence-corrected chi connectivity index (χ2v) is 3.62. The van der Waals surface area contributed by atoms with Gasteiger partial charge in [-0.1, -0.05) is 12.1 Å². The lowest BCUT2D eigenvalue weighted by atomic mass is 9.99. The number of phenolic OH excluding ortho intramolecular Hbond substituents is 1. The lowest BCUT2D eigenvalue weighted by Crippen LogP contribution is -2.12. The molecule has 0 aliphatic carbocycles. The van der Waals surface area contributed by atoms with Crippen LogP contribution in [0.3, 0.4) is 0 Å². The Morgan fingerprint density at radius 3 is 2.21 bits per heavy atom. The summed E-state index contributed by atoms with van der Waals surface area (Å²) in [4.78, 5) is 0. The predicted molar refractivity (Wildman–Crippen MR) is 56.2 cm³/mol. The molecule has 0 heterocycles. The highest BCUT2D eigenvalue weighted by Crippen LogP contribution is 2.26. The smallest absolute Gasteiger partial charge is 0.121 e. The van der Waals surface area contributed by atoms with Gasteiger partial charge in [0, 0.05) is 12.6 Å². The molecule has 1 aromatic rings. The summed E-state index contributed by atoms with van der Waals surface area (Å²) < 4.78 is 0. The Labute approximate surface area is 84.2 Å². The predicted octanol–water partition coefficient (Wildman–Crippen LogP) is 1.39. The third kappa shape index (κ3) is 2.25. The lowest BCUT2D eigenvalue weighted by Gasteiger charge is -2.13. The number of aryl methyl sites for hydroxylation is 2. The second kappa shape index (κ2) is 4.44. The van der Waals surface area contributed by atoms with E-state index < -0.39 is 0 Å². The summed E-state index contributed by atoms with van der Waals surface area (Å²) in [6, 6.07) is 3.57. The molecule has 0 amide bonds. The van der Waals surface area contributed by atoms with Gasteiger partial charge in [-0.2, -0.15) is 0 Å². The van der Waals surface area contributed by atoms with Gasteiger partial charge < -0.3 is 15.9 Å². The van der Waals surface area contributed by atoms with E-state index in [-0.39, 0.29) is 12.6 Å². The van der Waals surface area contributed by atoms with Crippen molar-refractivity contribution < 1.29 is 10.2 Å². The van der Waals surface area contributed by atoms with Gasteiger partial charge in [-0.25, -0.2) is 0 Å². The summed E-state index contributed by atoms with van der Waals surface area (Å²) in [6.45, 7) is 3.77. The number of hydrogen-bond acceptors (Lipinski definition) is 3. The molecule has 0 saturated heterocycles. The van der Waals surface area contributed by atoms with Gasteiger partial charge in [-0.15, -0.1) is 0 Å². The SMILES string of the molecule is Cc1cc([C@H](N)CCO)cc(C)c1O. The normalized spacial score (nSPS) is 12.9. The Bertz CT molecular complexity index is 300. The number of aromatic hydroxyl groups is 1. The summed E-state index contributed by atoms with van der Waals surface area (Å²) >= 11 is 0. The minimum absolute atomic E-state index is 0.0835. The highest BCUT2D eigenvalue weighted by atomic mass is 16.3. The summed E-state index contributed by atoms with van der Waals surface area (Å²) in [6.07, 6.45) is 0.545. The third-order valence-electron chi connectivity index (χ3n) is 2.38. The average Bonchev–Trinajstić information content (AvgIpc) is 2.13. The molecule has 0 saturated carbocycles. The van der Waals surface area contributed by atoms with Crippen LogP contribution in [0.1, 0.15) is 29.2 Å². The quantitative estimate of drug-likeness (QED) is 0.682. The van der Waals surface area contributed by atoms with E-state index in [2.05, 4.69) is 0 Å². The number of phenols is 1. The highest BCUT2D eigenvalue weighted by Gasteiger charge is 2.09. The Hall–Kier alpha value is -1.06. The molecule has 0 aliphatic rings. The van der Waals surface area contributed by atoms with E-state index in [0.29, 0.717) is 12.2 Å². The highest BCUT2D eigenvalue weighted by molar-refractivity contribution is 5.43. The van der Waals surface area contributed by atoms with Crippen LogP contribution in [0.4, 0.5) is 0 Å². The van der Waals surface area contributed by atoms with E-state index >= 15 is 0 Å².